The van der Waals surface area contributed by atoms with Crippen molar-refractivity contribution in [3.8, 4) is 0 Å². The van der Waals surface area contributed by atoms with Crippen molar-refractivity contribution in [3.63, 3.8) is 0 Å². The van der Waals surface area contributed by atoms with Crippen molar-refractivity contribution in [1.29, 1.82) is 0 Å². The first-order chi connectivity index (χ1) is 9.61. The zero-order valence-corrected chi connectivity index (χ0v) is 12.5. The Morgan fingerprint density at radius 2 is 2.35 bits per heavy atom. The lowest BCUT2D eigenvalue weighted by Crippen LogP contribution is -2.15. The zero-order chi connectivity index (χ0) is 14.5. The lowest BCUT2D eigenvalue weighted by atomic mass is 10.3. The molecule has 2 heterocycles. The number of methoxy groups -OCH3 is 1. The number of aryl methyl sites for hydroxylation is 1. The summed E-state index contributed by atoms with van der Waals surface area (Å²) in [4.78, 5) is 23.3. The van der Waals surface area contributed by atoms with Gasteiger partial charge in [-0.3, -0.25) is 4.79 Å². The van der Waals surface area contributed by atoms with Crippen molar-refractivity contribution in [1.82, 2.24) is 14.8 Å². The van der Waals surface area contributed by atoms with Crippen molar-refractivity contribution >= 4 is 40.0 Å². The second-order valence-corrected chi connectivity index (χ2v) is 5.57. The van der Waals surface area contributed by atoms with E-state index in [4.69, 9.17) is 0 Å². The molecule has 9 heteroatoms. The van der Waals surface area contributed by atoms with Gasteiger partial charge in [0.05, 0.1) is 18.4 Å². The van der Waals surface area contributed by atoms with Crippen molar-refractivity contribution < 1.29 is 14.3 Å². The van der Waals surface area contributed by atoms with Crippen LogP contribution in [0.1, 0.15) is 10.4 Å². The fourth-order valence-corrected chi connectivity index (χ4v) is 2.85. The Balaban J connectivity index is 1.93. The number of anilines is 1. The third-order valence-corrected chi connectivity index (χ3v) is 4.19. The number of hydrogen-bond acceptors (Lipinski definition) is 7. The molecule has 0 aromatic carbocycles. The third-order valence-electron chi connectivity index (χ3n) is 2.33. The SMILES string of the molecule is COC(=O)c1ccsc1NC(=O)CSc1nncn1C. The standard InChI is InChI=1S/C11H12N4O3S2/c1-15-6-12-14-11(15)20-5-8(16)13-9-7(3-4-19-9)10(17)18-2/h3-4,6H,5H2,1-2H3,(H,13,16). The summed E-state index contributed by atoms with van der Waals surface area (Å²) in [5.41, 5.74) is 0.356. The molecular formula is C11H12N4O3S2. The lowest BCUT2D eigenvalue weighted by Gasteiger charge is -2.04. The molecule has 2 aromatic rings. The van der Waals surface area contributed by atoms with Gasteiger partial charge in [-0.05, 0) is 11.4 Å². The van der Waals surface area contributed by atoms with Crippen molar-refractivity contribution in [3.05, 3.63) is 23.3 Å². The van der Waals surface area contributed by atoms with Crippen LogP contribution in [-0.2, 0) is 16.6 Å². The van der Waals surface area contributed by atoms with Crippen molar-refractivity contribution in [2.24, 2.45) is 7.05 Å². The van der Waals surface area contributed by atoms with Gasteiger partial charge in [0.1, 0.15) is 11.3 Å². The summed E-state index contributed by atoms with van der Waals surface area (Å²) in [6, 6.07) is 1.61. The van der Waals surface area contributed by atoms with Crippen LogP contribution in [0.25, 0.3) is 0 Å². The predicted molar refractivity (Wildman–Crippen MR) is 76.0 cm³/mol. The summed E-state index contributed by atoms with van der Waals surface area (Å²) in [6.07, 6.45) is 1.56. The van der Waals surface area contributed by atoms with Crippen LogP contribution in [0.3, 0.4) is 0 Å². The normalized spacial score (nSPS) is 10.3. The van der Waals surface area contributed by atoms with E-state index in [1.54, 1.807) is 29.4 Å². The quantitative estimate of drug-likeness (QED) is 0.663. The molecular weight excluding hydrogens is 300 g/mol. The number of carbonyl (C=O) groups excluding carboxylic acids is 2. The van der Waals surface area contributed by atoms with E-state index in [9.17, 15) is 9.59 Å². The number of carbonyl (C=O) groups is 2. The largest absolute Gasteiger partial charge is 0.465 e. The highest BCUT2D eigenvalue weighted by Crippen LogP contribution is 2.24. The summed E-state index contributed by atoms with van der Waals surface area (Å²) in [7, 11) is 3.10. The Morgan fingerprint density at radius 1 is 1.55 bits per heavy atom. The van der Waals surface area contributed by atoms with Crippen LogP contribution in [0.2, 0.25) is 0 Å². The van der Waals surface area contributed by atoms with E-state index in [0.717, 1.165) is 0 Å². The minimum atomic E-state index is -0.470. The van der Waals surface area contributed by atoms with Gasteiger partial charge in [-0.15, -0.1) is 21.5 Å². The zero-order valence-electron chi connectivity index (χ0n) is 10.8. The Hall–Kier alpha value is -1.87. The second-order valence-electron chi connectivity index (χ2n) is 3.72. The Kier molecular flexibility index (Phi) is 4.74. The maximum atomic E-state index is 11.8. The van der Waals surface area contributed by atoms with Gasteiger partial charge in [0.2, 0.25) is 5.91 Å². The van der Waals surface area contributed by atoms with E-state index in [1.807, 2.05) is 0 Å². The number of esters is 1. The molecule has 0 fully saturated rings. The van der Waals surface area contributed by atoms with Gasteiger partial charge in [-0.2, -0.15) is 0 Å². The number of hydrogen-bond donors (Lipinski definition) is 1. The van der Waals surface area contributed by atoms with E-state index in [-0.39, 0.29) is 11.7 Å². The minimum absolute atomic E-state index is 0.186. The molecule has 0 unspecified atom stereocenters. The van der Waals surface area contributed by atoms with Gasteiger partial charge in [-0.1, -0.05) is 11.8 Å². The molecule has 2 rings (SSSR count). The molecule has 0 radical (unpaired) electrons. The fourth-order valence-electron chi connectivity index (χ4n) is 1.37. The summed E-state index contributed by atoms with van der Waals surface area (Å²) in [5.74, 6) is -0.501. The number of rotatable bonds is 5. The molecule has 1 amide bonds. The molecule has 0 aliphatic carbocycles. The Bertz CT molecular complexity index is 623. The number of nitrogens with zero attached hydrogens (tertiary/aromatic N) is 3. The molecule has 0 bridgehead atoms. The van der Waals surface area contributed by atoms with Gasteiger partial charge in [-0.25, -0.2) is 4.79 Å². The average molecular weight is 312 g/mol. The van der Waals surface area contributed by atoms with Crippen LogP contribution in [0.15, 0.2) is 22.9 Å². The highest BCUT2D eigenvalue weighted by molar-refractivity contribution is 7.99. The third kappa shape index (κ3) is 3.36. The molecule has 0 aliphatic rings. The average Bonchev–Trinajstić information content (AvgIpc) is 3.05. The first-order valence-corrected chi connectivity index (χ1v) is 7.40. The van der Waals surface area contributed by atoms with Crippen LogP contribution in [0.4, 0.5) is 5.00 Å². The van der Waals surface area contributed by atoms with Crippen LogP contribution in [-0.4, -0.2) is 39.5 Å². The number of amides is 1. The predicted octanol–water partition coefficient (Wildman–Crippen LogP) is 1.39. The van der Waals surface area contributed by atoms with E-state index in [1.165, 1.54) is 30.2 Å². The van der Waals surface area contributed by atoms with E-state index < -0.39 is 5.97 Å². The Labute approximate surface area is 123 Å². The van der Waals surface area contributed by atoms with Crippen LogP contribution in [0.5, 0.6) is 0 Å². The smallest absolute Gasteiger partial charge is 0.340 e. The molecule has 1 N–H and O–H groups in total. The van der Waals surface area contributed by atoms with Gasteiger partial charge < -0.3 is 14.6 Å². The number of ether oxygens (including phenoxy) is 1. The molecule has 0 atom stereocenters. The molecule has 0 saturated heterocycles. The maximum Gasteiger partial charge on any atom is 0.340 e. The van der Waals surface area contributed by atoms with Crippen molar-refractivity contribution in [2.45, 2.75) is 5.16 Å². The number of nitrogens with one attached hydrogen (secondary N) is 1. The van der Waals surface area contributed by atoms with Crippen LogP contribution >= 0.6 is 23.1 Å². The molecule has 106 valence electrons. The summed E-state index contributed by atoms with van der Waals surface area (Å²) >= 11 is 2.54. The lowest BCUT2D eigenvalue weighted by molar-refractivity contribution is -0.113. The molecule has 0 aliphatic heterocycles. The number of aromatic nitrogens is 3. The highest BCUT2D eigenvalue weighted by atomic mass is 32.2. The fraction of sp³-hybridized carbons (Fsp3) is 0.273. The van der Waals surface area contributed by atoms with Crippen LogP contribution in [0, 0.1) is 0 Å². The Morgan fingerprint density at radius 3 is 3.00 bits per heavy atom. The van der Waals surface area contributed by atoms with Gasteiger partial charge in [0.15, 0.2) is 5.16 Å². The van der Waals surface area contributed by atoms with Gasteiger partial charge in [0, 0.05) is 7.05 Å². The van der Waals surface area contributed by atoms with Gasteiger partial charge in [0.25, 0.3) is 0 Å². The first-order valence-electron chi connectivity index (χ1n) is 5.54. The van der Waals surface area contributed by atoms with Crippen LogP contribution < -0.4 is 5.32 Å². The molecule has 0 spiro atoms. The maximum absolute atomic E-state index is 11.8. The minimum Gasteiger partial charge on any atom is -0.465 e. The second kappa shape index (κ2) is 6.53. The highest BCUT2D eigenvalue weighted by Gasteiger charge is 2.15. The molecule has 20 heavy (non-hydrogen) atoms. The number of thioether (sulfide) groups is 1. The molecule has 7 nitrogen and oxygen atoms in total. The monoisotopic (exact) mass is 312 g/mol. The summed E-state index contributed by atoms with van der Waals surface area (Å²) in [6.45, 7) is 0. The van der Waals surface area contributed by atoms with E-state index >= 15 is 0 Å². The summed E-state index contributed by atoms with van der Waals surface area (Å²) in [5, 5.41) is 13.1. The van der Waals surface area contributed by atoms with E-state index in [2.05, 4.69) is 20.3 Å². The van der Waals surface area contributed by atoms with Gasteiger partial charge >= 0.3 is 5.97 Å². The molecule has 2 aromatic heterocycles. The van der Waals surface area contributed by atoms with E-state index in [0.29, 0.717) is 15.7 Å². The topological polar surface area (TPSA) is 86.1 Å². The number of thiophene rings is 1. The molecule has 0 saturated carbocycles. The summed E-state index contributed by atoms with van der Waals surface area (Å²) < 4.78 is 6.37. The first kappa shape index (κ1) is 14.5. The van der Waals surface area contributed by atoms with Crippen molar-refractivity contribution in [2.75, 3.05) is 18.2 Å².